The molecule has 3 amide bonds. The van der Waals surface area contributed by atoms with Crippen LogP contribution in [-0.2, 0) is 32.0 Å². The molecule has 1 unspecified atom stereocenters. The Morgan fingerprint density at radius 3 is 2.40 bits per heavy atom. The van der Waals surface area contributed by atoms with Gasteiger partial charge < -0.3 is 25.0 Å². The van der Waals surface area contributed by atoms with Gasteiger partial charge in [0.2, 0.25) is 11.8 Å². The second-order valence-corrected chi connectivity index (χ2v) is 14.8. The van der Waals surface area contributed by atoms with Gasteiger partial charge in [-0.15, -0.1) is 23.1 Å². The topological polar surface area (TPSA) is 114 Å². The Bertz CT molecular complexity index is 1310. The third kappa shape index (κ3) is 9.49. The molecule has 0 aliphatic carbocycles. The summed E-state index contributed by atoms with van der Waals surface area (Å²) in [7, 11) is 0. The Balaban J connectivity index is 1.78. The number of thioether (sulfide) groups is 1. The molecular formula is C31H43N3O6S2. The molecule has 11 heteroatoms. The highest BCUT2D eigenvalue weighted by molar-refractivity contribution is 8.00. The number of carbonyl (C=O) groups is 4. The summed E-state index contributed by atoms with van der Waals surface area (Å²) in [5, 5.41) is 5.91. The number of rotatable bonds is 9. The van der Waals surface area contributed by atoms with E-state index in [-0.39, 0.29) is 30.4 Å². The number of thiophene rings is 1. The Kier molecular flexibility index (Phi) is 11.1. The lowest BCUT2D eigenvalue weighted by molar-refractivity contribution is -0.118. The molecule has 42 heavy (non-hydrogen) atoms. The zero-order valence-corrected chi connectivity index (χ0v) is 27.5. The van der Waals surface area contributed by atoms with E-state index in [1.54, 1.807) is 11.8 Å². The fourth-order valence-electron chi connectivity index (χ4n) is 4.41. The lowest BCUT2D eigenvalue weighted by Crippen LogP contribution is -2.39. The van der Waals surface area contributed by atoms with Gasteiger partial charge in [-0.25, -0.2) is 9.59 Å². The molecule has 230 valence electrons. The number of nitrogens with one attached hydrogen (secondary N) is 2. The van der Waals surface area contributed by atoms with Gasteiger partial charge in [-0.2, -0.15) is 0 Å². The molecule has 1 aromatic carbocycles. The van der Waals surface area contributed by atoms with Gasteiger partial charge >= 0.3 is 12.1 Å². The SMILES string of the molecule is CCOC(=O)c1c(NC(=O)C(CC)Sc2cccc(NC(=O)CC(C)(C)C)c2)sc2c1CCN(C(=O)OC(C)(C)C)C2. The van der Waals surface area contributed by atoms with Gasteiger partial charge in [-0.3, -0.25) is 9.59 Å². The average Bonchev–Trinajstić information content (AvgIpc) is 3.22. The van der Waals surface area contributed by atoms with Crippen molar-refractivity contribution in [3.05, 3.63) is 40.3 Å². The average molecular weight is 618 g/mol. The smallest absolute Gasteiger partial charge is 0.410 e. The molecule has 1 atom stereocenters. The normalized spacial score (nSPS) is 14.0. The predicted octanol–water partition coefficient (Wildman–Crippen LogP) is 7.10. The second-order valence-electron chi connectivity index (χ2n) is 12.4. The molecule has 2 N–H and O–H groups in total. The summed E-state index contributed by atoms with van der Waals surface area (Å²) >= 11 is 2.69. The number of anilines is 2. The maximum Gasteiger partial charge on any atom is 0.410 e. The van der Waals surface area contributed by atoms with Crippen molar-refractivity contribution in [2.45, 2.75) is 96.9 Å². The molecule has 1 aliphatic heterocycles. The lowest BCUT2D eigenvalue weighted by atomic mass is 9.92. The van der Waals surface area contributed by atoms with Crippen LogP contribution in [0, 0.1) is 5.41 Å². The van der Waals surface area contributed by atoms with Crippen molar-refractivity contribution in [3.8, 4) is 0 Å². The Hall–Kier alpha value is -3.05. The van der Waals surface area contributed by atoms with Gasteiger partial charge in [0.05, 0.1) is 24.0 Å². The van der Waals surface area contributed by atoms with E-state index < -0.39 is 22.9 Å². The zero-order valence-electron chi connectivity index (χ0n) is 25.8. The van der Waals surface area contributed by atoms with Crippen molar-refractivity contribution in [3.63, 3.8) is 0 Å². The molecule has 2 aromatic rings. The van der Waals surface area contributed by atoms with E-state index in [0.29, 0.717) is 42.1 Å². The maximum absolute atomic E-state index is 13.5. The summed E-state index contributed by atoms with van der Waals surface area (Å²) in [6.07, 6.45) is 0.982. The van der Waals surface area contributed by atoms with Crippen LogP contribution in [0.15, 0.2) is 29.2 Å². The number of amides is 3. The highest BCUT2D eigenvalue weighted by Gasteiger charge is 2.33. The third-order valence-corrected chi connectivity index (χ3v) is 8.67. The predicted molar refractivity (Wildman–Crippen MR) is 168 cm³/mol. The van der Waals surface area contributed by atoms with Crippen molar-refractivity contribution >= 4 is 57.7 Å². The van der Waals surface area contributed by atoms with Crippen LogP contribution in [0.1, 0.15) is 89.0 Å². The van der Waals surface area contributed by atoms with Crippen LogP contribution in [0.2, 0.25) is 0 Å². The van der Waals surface area contributed by atoms with Crippen molar-refractivity contribution in [1.29, 1.82) is 0 Å². The van der Waals surface area contributed by atoms with E-state index in [1.165, 1.54) is 23.1 Å². The van der Waals surface area contributed by atoms with E-state index in [4.69, 9.17) is 9.47 Å². The molecule has 3 rings (SSSR count). The molecule has 1 aromatic heterocycles. The fourth-order valence-corrected chi connectivity index (χ4v) is 6.67. The first kappa shape index (κ1) is 33.5. The summed E-state index contributed by atoms with van der Waals surface area (Å²) in [6.45, 7) is 16.0. The molecule has 2 heterocycles. The van der Waals surface area contributed by atoms with Gasteiger partial charge in [0.15, 0.2) is 0 Å². The van der Waals surface area contributed by atoms with E-state index in [9.17, 15) is 19.2 Å². The molecule has 0 saturated carbocycles. The van der Waals surface area contributed by atoms with Crippen molar-refractivity contribution in [2.24, 2.45) is 5.41 Å². The number of benzene rings is 1. The monoisotopic (exact) mass is 617 g/mol. The van der Waals surface area contributed by atoms with E-state index in [0.717, 1.165) is 15.3 Å². The second kappa shape index (κ2) is 13.9. The zero-order chi connectivity index (χ0) is 31.2. The molecule has 0 saturated heterocycles. The van der Waals surface area contributed by atoms with E-state index in [1.807, 2.05) is 72.7 Å². The van der Waals surface area contributed by atoms with E-state index in [2.05, 4.69) is 10.6 Å². The van der Waals surface area contributed by atoms with Crippen molar-refractivity contribution in [2.75, 3.05) is 23.8 Å². The van der Waals surface area contributed by atoms with Crippen molar-refractivity contribution in [1.82, 2.24) is 4.90 Å². The van der Waals surface area contributed by atoms with Gasteiger partial charge in [0, 0.05) is 28.4 Å². The minimum Gasteiger partial charge on any atom is -0.462 e. The van der Waals surface area contributed by atoms with Crippen LogP contribution in [0.25, 0.3) is 0 Å². The molecule has 1 aliphatic rings. The summed E-state index contributed by atoms with van der Waals surface area (Å²) in [4.78, 5) is 54.9. The number of nitrogens with zero attached hydrogens (tertiary/aromatic N) is 1. The Labute approximate surface area is 257 Å². The number of carbonyl (C=O) groups excluding carboxylic acids is 4. The Morgan fingerprint density at radius 2 is 1.79 bits per heavy atom. The van der Waals surface area contributed by atoms with Gasteiger partial charge in [-0.05, 0) is 69.7 Å². The largest absolute Gasteiger partial charge is 0.462 e. The number of hydrogen-bond donors (Lipinski definition) is 2. The van der Waals surface area contributed by atoms with Gasteiger partial charge in [0.25, 0.3) is 0 Å². The summed E-state index contributed by atoms with van der Waals surface area (Å²) < 4.78 is 10.9. The number of fused-ring (bicyclic) bond motifs is 1. The number of hydrogen-bond acceptors (Lipinski definition) is 8. The van der Waals surface area contributed by atoms with Crippen LogP contribution >= 0.6 is 23.1 Å². The molecule has 0 radical (unpaired) electrons. The quantitative estimate of drug-likeness (QED) is 0.228. The third-order valence-electron chi connectivity index (χ3n) is 6.18. The molecule has 0 spiro atoms. The summed E-state index contributed by atoms with van der Waals surface area (Å²) in [6, 6.07) is 7.44. The van der Waals surface area contributed by atoms with Crippen LogP contribution in [0.4, 0.5) is 15.5 Å². The number of esters is 1. The first-order valence-electron chi connectivity index (χ1n) is 14.3. The standard InChI is InChI=1S/C31H43N3O6S2/c1-9-22(41-20-13-11-12-19(16-20)32-24(35)17-30(3,4)5)26(36)33-27-25(28(37)39-10-2)21-14-15-34(18-23(21)42-27)29(38)40-31(6,7)8/h11-13,16,22H,9-10,14-15,17-18H2,1-8H3,(H,32,35)(H,33,36). The van der Waals surface area contributed by atoms with Crippen LogP contribution in [0.5, 0.6) is 0 Å². The minimum absolute atomic E-state index is 0.0622. The first-order valence-corrected chi connectivity index (χ1v) is 16.0. The first-order chi connectivity index (χ1) is 19.6. The summed E-state index contributed by atoms with van der Waals surface area (Å²) in [5.41, 5.74) is 1.09. The van der Waals surface area contributed by atoms with Crippen molar-refractivity contribution < 1.29 is 28.7 Å². The summed E-state index contributed by atoms with van der Waals surface area (Å²) in [5.74, 6) is -0.791. The lowest BCUT2D eigenvalue weighted by Gasteiger charge is -2.30. The molecular weight excluding hydrogens is 574 g/mol. The van der Waals surface area contributed by atoms with Crippen LogP contribution in [0.3, 0.4) is 0 Å². The molecule has 0 bridgehead atoms. The van der Waals surface area contributed by atoms with Gasteiger partial charge in [0.1, 0.15) is 10.6 Å². The highest BCUT2D eigenvalue weighted by atomic mass is 32.2. The molecule has 0 fully saturated rings. The fraction of sp³-hybridized carbons (Fsp3) is 0.548. The van der Waals surface area contributed by atoms with Crippen LogP contribution in [-0.4, -0.2) is 52.8 Å². The molecule has 9 nitrogen and oxygen atoms in total. The highest BCUT2D eigenvalue weighted by Crippen LogP contribution is 2.39. The number of ether oxygens (including phenoxy) is 2. The van der Waals surface area contributed by atoms with Crippen LogP contribution < -0.4 is 10.6 Å². The maximum atomic E-state index is 13.5. The minimum atomic E-state index is -0.619. The van der Waals surface area contributed by atoms with E-state index >= 15 is 0 Å². The van der Waals surface area contributed by atoms with Gasteiger partial charge in [-0.1, -0.05) is 33.8 Å². The Morgan fingerprint density at radius 1 is 1.07 bits per heavy atom.